The molecule has 1 aromatic heterocycles. The van der Waals surface area contributed by atoms with E-state index in [1.807, 2.05) is 0 Å². The van der Waals surface area contributed by atoms with Gasteiger partial charge in [-0.1, -0.05) is 62.4 Å². The topological polar surface area (TPSA) is 30.9 Å². The first-order valence-corrected chi connectivity index (χ1v) is 12.4. The Bertz CT molecular complexity index is 1150. The molecule has 4 aliphatic rings. The van der Waals surface area contributed by atoms with Gasteiger partial charge < -0.3 is 4.57 Å². The van der Waals surface area contributed by atoms with Gasteiger partial charge in [0.2, 0.25) is 6.17 Å². The van der Waals surface area contributed by atoms with Crippen molar-refractivity contribution in [3.8, 4) is 0 Å². The molecule has 4 nitrogen and oxygen atoms in total. The Labute approximate surface area is 190 Å². The van der Waals surface area contributed by atoms with E-state index in [4.69, 9.17) is 0 Å². The maximum absolute atomic E-state index is 13.6. The molecular formula is C28H35N3O+2. The molecule has 166 valence electrons. The molecule has 0 radical (unpaired) electrons. The number of carbonyl (C=O) groups excluding carboxylic acids is 1. The standard InChI is InChI=1S/C28H33N3O/c1-4-27-16-29-18-28(5-2,26(27)32)19-30(17-27)25(29)24-20(3)31(15-21-11-7-6-8-12-21)23-14-10-9-13-22(23)24/h6-14,25H,4-5,15-19H2,1-3H3/p+2. The van der Waals surface area contributed by atoms with Gasteiger partial charge in [0, 0.05) is 23.1 Å². The zero-order valence-electron chi connectivity index (χ0n) is 19.6. The van der Waals surface area contributed by atoms with Crippen molar-refractivity contribution in [1.29, 1.82) is 0 Å². The number of fused-ring (bicyclic) bond motifs is 1. The molecule has 3 aromatic rings. The third-order valence-corrected chi connectivity index (χ3v) is 9.15. The Hall–Kier alpha value is -2.43. The van der Waals surface area contributed by atoms with Gasteiger partial charge in [-0.25, -0.2) is 0 Å². The third kappa shape index (κ3) is 2.60. The Morgan fingerprint density at radius 2 is 1.44 bits per heavy atom. The van der Waals surface area contributed by atoms with Gasteiger partial charge in [0.25, 0.3) is 0 Å². The number of nitrogens with zero attached hydrogens (tertiary/aromatic N) is 1. The van der Waals surface area contributed by atoms with E-state index < -0.39 is 0 Å². The molecule has 4 bridgehead atoms. The van der Waals surface area contributed by atoms with Gasteiger partial charge >= 0.3 is 0 Å². The summed E-state index contributed by atoms with van der Waals surface area (Å²) in [6.45, 7) is 11.7. The average Bonchev–Trinajstić information content (AvgIpc) is 3.08. The summed E-state index contributed by atoms with van der Waals surface area (Å²) in [6.07, 6.45) is 2.41. The van der Waals surface area contributed by atoms with Crippen molar-refractivity contribution in [3.05, 3.63) is 71.4 Å². The van der Waals surface area contributed by atoms with Crippen LogP contribution in [0.15, 0.2) is 54.6 Å². The largest absolute Gasteiger partial charge is 0.340 e. The van der Waals surface area contributed by atoms with E-state index in [2.05, 4.69) is 79.9 Å². The third-order valence-electron chi connectivity index (χ3n) is 9.15. The lowest BCUT2D eigenvalue weighted by molar-refractivity contribution is -1.18. The van der Waals surface area contributed by atoms with Crippen LogP contribution in [0.2, 0.25) is 0 Å². The minimum Gasteiger partial charge on any atom is -0.340 e. The minimum atomic E-state index is -0.107. The number of Topliss-reactive ketones (excluding diaryl/α,β-unsaturated/α-hetero) is 1. The van der Waals surface area contributed by atoms with Crippen LogP contribution in [0, 0.1) is 17.8 Å². The lowest BCUT2D eigenvalue weighted by Gasteiger charge is -2.60. The zero-order valence-corrected chi connectivity index (χ0v) is 19.6. The van der Waals surface area contributed by atoms with Crippen molar-refractivity contribution in [3.63, 3.8) is 0 Å². The van der Waals surface area contributed by atoms with Crippen molar-refractivity contribution in [2.45, 2.75) is 46.3 Å². The number of nitrogens with one attached hydrogen (secondary N) is 2. The molecule has 0 amide bonds. The van der Waals surface area contributed by atoms with Gasteiger partial charge in [0.05, 0.1) is 5.56 Å². The van der Waals surface area contributed by atoms with Gasteiger partial charge in [-0.2, -0.15) is 0 Å². The van der Waals surface area contributed by atoms with E-state index in [1.165, 1.54) is 27.7 Å². The number of piperidine rings is 2. The molecule has 2 aromatic carbocycles. The lowest BCUT2D eigenvalue weighted by atomic mass is 9.58. The Kier molecular flexibility index (Phi) is 4.44. The van der Waals surface area contributed by atoms with E-state index in [0.29, 0.717) is 11.9 Å². The number of hydrogen-bond acceptors (Lipinski definition) is 1. The van der Waals surface area contributed by atoms with Crippen LogP contribution in [-0.4, -0.2) is 36.5 Å². The van der Waals surface area contributed by atoms with Crippen LogP contribution in [0.1, 0.15) is 49.7 Å². The van der Waals surface area contributed by atoms with Crippen molar-refractivity contribution in [1.82, 2.24) is 4.57 Å². The summed E-state index contributed by atoms with van der Waals surface area (Å²) in [5, 5.41) is 1.40. The Morgan fingerprint density at radius 3 is 2.03 bits per heavy atom. The Morgan fingerprint density at radius 1 is 0.875 bits per heavy atom. The second kappa shape index (κ2) is 7.03. The molecular weight excluding hydrogens is 394 g/mol. The van der Waals surface area contributed by atoms with Gasteiger partial charge in [-0.3, -0.25) is 14.6 Å². The quantitative estimate of drug-likeness (QED) is 0.640. The maximum atomic E-state index is 13.6. The summed E-state index contributed by atoms with van der Waals surface area (Å²) in [7, 11) is 0. The summed E-state index contributed by atoms with van der Waals surface area (Å²) < 4.78 is 2.52. The van der Waals surface area contributed by atoms with Crippen LogP contribution in [0.4, 0.5) is 0 Å². The summed E-state index contributed by atoms with van der Waals surface area (Å²) in [4.78, 5) is 16.9. The SMILES string of the molecule is CCC12C[NH+]3CC(CC)(C[NH+](C1)C3c1c(C)n(Cc3ccccc3)c3ccccc13)C2=O. The second-order valence-electron chi connectivity index (χ2n) is 10.6. The summed E-state index contributed by atoms with van der Waals surface area (Å²) in [5.74, 6) is 0.587. The normalized spacial score (nSPS) is 33.3. The molecule has 0 atom stereocenters. The summed E-state index contributed by atoms with van der Waals surface area (Å²) in [5.41, 5.74) is 5.38. The molecule has 4 heteroatoms. The predicted octanol–water partition coefficient (Wildman–Crippen LogP) is 2.17. The highest BCUT2D eigenvalue weighted by Gasteiger charge is 2.70. The molecule has 0 unspecified atom stereocenters. The van der Waals surface area contributed by atoms with Crippen LogP contribution in [-0.2, 0) is 11.3 Å². The first-order valence-electron chi connectivity index (χ1n) is 12.4. The number of ketones is 1. The number of carbonyl (C=O) groups is 1. The highest BCUT2D eigenvalue weighted by atomic mass is 16.1. The van der Waals surface area contributed by atoms with E-state index in [1.54, 1.807) is 9.80 Å². The Balaban J connectivity index is 1.48. The molecule has 32 heavy (non-hydrogen) atoms. The van der Waals surface area contributed by atoms with E-state index in [9.17, 15) is 4.79 Å². The predicted molar refractivity (Wildman–Crippen MR) is 127 cm³/mol. The van der Waals surface area contributed by atoms with Crippen molar-refractivity contribution in [2.75, 3.05) is 26.2 Å². The van der Waals surface area contributed by atoms with Crippen molar-refractivity contribution in [2.24, 2.45) is 10.8 Å². The average molecular weight is 430 g/mol. The number of benzene rings is 2. The first-order chi connectivity index (χ1) is 15.5. The van der Waals surface area contributed by atoms with Crippen LogP contribution >= 0.6 is 0 Å². The number of aromatic nitrogens is 1. The van der Waals surface area contributed by atoms with Crippen LogP contribution in [0.25, 0.3) is 10.9 Å². The first kappa shape index (κ1) is 20.2. The molecule has 4 saturated heterocycles. The molecule has 2 N–H and O–H groups in total. The van der Waals surface area contributed by atoms with Crippen molar-refractivity contribution >= 4 is 16.7 Å². The van der Waals surface area contributed by atoms with E-state index in [-0.39, 0.29) is 10.8 Å². The highest BCUT2D eigenvalue weighted by Crippen LogP contribution is 2.42. The number of hydrogen-bond donors (Lipinski definition) is 2. The summed E-state index contributed by atoms with van der Waals surface area (Å²) >= 11 is 0. The fraction of sp³-hybridized carbons (Fsp3) is 0.464. The molecule has 0 spiro atoms. The van der Waals surface area contributed by atoms with Crippen molar-refractivity contribution < 1.29 is 14.6 Å². The molecule has 0 aliphatic carbocycles. The zero-order chi connectivity index (χ0) is 22.1. The molecule has 4 fully saturated rings. The maximum Gasteiger partial charge on any atom is 0.242 e. The fourth-order valence-corrected chi connectivity index (χ4v) is 7.59. The fourth-order valence-electron chi connectivity index (χ4n) is 7.59. The van der Waals surface area contributed by atoms with Gasteiger partial charge in [-0.05, 0) is 31.4 Å². The van der Waals surface area contributed by atoms with Gasteiger partial charge in [0.1, 0.15) is 37.0 Å². The van der Waals surface area contributed by atoms with Gasteiger partial charge in [-0.15, -0.1) is 0 Å². The van der Waals surface area contributed by atoms with Crippen LogP contribution in [0.3, 0.4) is 0 Å². The number of para-hydroxylation sites is 1. The second-order valence-corrected chi connectivity index (χ2v) is 10.6. The lowest BCUT2D eigenvalue weighted by Crippen LogP contribution is -3.41. The molecule has 4 aliphatic heterocycles. The molecule has 5 heterocycles. The number of rotatable bonds is 5. The minimum absolute atomic E-state index is 0.107. The molecule has 0 saturated carbocycles. The summed E-state index contributed by atoms with van der Waals surface area (Å²) in [6, 6.07) is 19.8. The highest BCUT2D eigenvalue weighted by molar-refractivity contribution is 5.92. The van der Waals surface area contributed by atoms with E-state index >= 15 is 0 Å². The van der Waals surface area contributed by atoms with Crippen LogP contribution < -0.4 is 9.80 Å². The smallest absolute Gasteiger partial charge is 0.242 e. The van der Waals surface area contributed by atoms with Crippen LogP contribution in [0.5, 0.6) is 0 Å². The number of quaternary nitrogens is 2. The van der Waals surface area contributed by atoms with E-state index in [0.717, 1.165) is 45.6 Å². The van der Waals surface area contributed by atoms with Gasteiger partial charge in [0.15, 0.2) is 5.78 Å². The molecule has 7 rings (SSSR count). The monoisotopic (exact) mass is 429 g/mol.